The lowest BCUT2D eigenvalue weighted by Crippen LogP contribution is -2.18. The molecule has 0 atom stereocenters. The van der Waals surface area contributed by atoms with Gasteiger partial charge in [-0.1, -0.05) is 137 Å². The number of anilines is 3. The van der Waals surface area contributed by atoms with Crippen LogP contribution in [0.3, 0.4) is 0 Å². The van der Waals surface area contributed by atoms with Gasteiger partial charge in [0, 0.05) is 44.4 Å². The quantitative estimate of drug-likeness (QED) is 0.165. The molecule has 0 aliphatic heterocycles. The van der Waals surface area contributed by atoms with Crippen molar-refractivity contribution < 1.29 is 0 Å². The molecule has 0 unspecified atom stereocenters. The zero-order valence-electron chi connectivity index (χ0n) is 32.1. The Morgan fingerprint density at radius 1 is 0.375 bits per heavy atom. The van der Waals surface area contributed by atoms with Gasteiger partial charge in [-0.2, -0.15) is 0 Å². The first-order chi connectivity index (χ1) is 27.3. The number of hydrogen-bond acceptors (Lipinski definition) is 1. The van der Waals surface area contributed by atoms with Crippen molar-refractivity contribution in [2.45, 2.75) is 38.5 Å². The van der Waals surface area contributed by atoms with Crippen molar-refractivity contribution in [3.05, 3.63) is 192 Å². The highest BCUT2D eigenvalue weighted by atomic mass is 15.1. The molecule has 1 aromatic heterocycles. The van der Waals surface area contributed by atoms with Gasteiger partial charge in [-0.25, -0.2) is 0 Å². The first-order valence-electron chi connectivity index (χ1n) is 19.9. The Morgan fingerprint density at radius 3 is 1.89 bits per heavy atom. The predicted molar refractivity (Wildman–Crippen MR) is 238 cm³/mol. The first kappa shape index (κ1) is 31.7. The molecule has 0 fully saturated rings. The van der Waals surface area contributed by atoms with E-state index in [0.717, 1.165) is 5.69 Å². The van der Waals surface area contributed by atoms with Gasteiger partial charge in [-0.3, -0.25) is 0 Å². The monoisotopic (exact) mass is 716 g/mol. The summed E-state index contributed by atoms with van der Waals surface area (Å²) in [6, 6.07) is 63.8. The third-order valence-electron chi connectivity index (χ3n) is 13.3. The zero-order valence-corrected chi connectivity index (χ0v) is 32.1. The summed E-state index contributed by atoms with van der Waals surface area (Å²) in [5.41, 5.74) is 15.1. The third-order valence-corrected chi connectivity index (χ3v) is 13.3. The van der Waals surface area contributed by atoms with Crippen molar-refractivity contribution in [3.63, 3.8) is 0 Å². The van der Waals surface area contributed by atoms with Gasteiger partial charge in [0.05, 0.1) is 11.0 Å². The number of aromatic nitrogens is 1. The molecule has 0 spiro atoms. The van der Waals surface area contributed by atoms with Crippen molar-refractivity contribution in [1.29, 1.82) is 0 Å². The van der Waals surface area contributed by atoms with Gasteiger partial charge in [0.25, 0.3) is 0 Å². The minimum Gasteiger partial charge on any atom is -0.310 e. The first-order valence-corrected chi connectivity index (χ1v) is 19.9. The number of benzene rings is 9. The lowest BCUT2D eigenvalue weighted by molar-refractivity contribution is 0.660. The van der Waals surface area contributed by atoms with Gasteiger partial charge in [-0.05, 0) is 126 Å². The largest absolute Gasteiger partial charge is 0.310 e. The Morgan fingerprint density at radius 2 is 1.00 bits per heavy atom. The van der Waals surface area contributed by atoms with Crippen molar-refractivity contribution in [2.75, 3.05) is 4.90 Å². The van der Waals surface area contributed by atoms with Gasteiger partial charge >= 0.3 is 0 Å². The van der Waals surface area contributed by atoms with Crippen LogP contribution < -0.4 is 4.90 Å². The molecule has 1 heterocycles. The van der Waals surface area contributed by atoms with Gasteiger partial charge in [0.1, 0.15) is 0 Å². The van der Waals surface area contributed by atoms with Gasteiger partial charge in [0.2, 0.25) is 0 Å². The van der Waals surface area contributed by atoms with Crippen LogP contribution in [0.25, 0.3) is 70.9 Å². The van der Waals surface area contributed by atoms with Crippen LogP contribution in [0.4, 0.5) is 17.1 Å². The molecule has 10 aromatic rings. The fourth-order valence-electron chi connectivity index (χ4n) is 10.6. The van der Waals surface area contributed by atoms with Crippen molar-refractivity contribution in [2.24, 2.45) is 0 Å². The Kier molecular flexibility index (Phi) is 6.22. The minimum absolute atomic E-state index is 0.119. The summed E-state index contributed by atoms with van der Waals surface area (Å²) in [5.74, 6) is 0. The Bertz CT molecular complexity index is 3310. The number of para-hydroxylation sites is 1. The smallest absolute Gasteiger partial charge is 0.0547 e. The van der Waals surface area contributed by atoms with E-state index in [-0.39, 0.29) is 10.8 Å². The summed E-state index contributed by atoms with van der Waals surface area (Å²) in [6.45, 7) is 9.55. The van der Waals surface area contributed by atoms with Crippen LogP contribution in [0.1, 0.15) is 49.9 Å². The molecule has 2 heteroatoms. The SMILES string of the molecule is CC1(C)c2ccccc2-c2ccc(N(c3cc4c5c(ccc6cccc(c65)C4(C)C)c3)c3ccc4c(c3)c3c5ccccc5ccc3n4-c3ccccc3)cc21. The fourth-order valence-corrected chi connectivity index (χ4v) is 10.6. The molecule has 0 saturated heterocycles. The minimum atomic E-state index is -0.128. The fraction of sp³-hybridized carbons (Fsp3) is 0.111. The lowest BCUT2D eigenvalue weighted by Gasteiger charge is -2.30. The molecular formula is C54H40N2. The van der Waals surface area contributed by atoms with E-state index in [1.165, 1.54) is 105 Å². The molecule has 2 aliphatic carbocycles. The van der Waals surface area contributed by atoms with Crippen LogP contribution in [-0.2, 0) is 10.8 Å². The lowest BCUT2D eigenvalue weighted by atomic mass is 9.81. The van der Waals surface area contributed by atoms with E-state index in [4.69, 9.17) is 0 Å². The molecule has 0 saturated carbocycles. The summed E-state index contributed by atoms with van der Waals surface area (Å²) >= 11 is 0. The van der Waals surface area contributed by atoms with E-state index in [2.05, 4.69) is 207 Å². The topological polar surface area (TPSA) is 8.17 Å². The van der Waals surface area contributed by atoms with E-state index in [9.17, 15) is 0 Å². The molecule has 0 N–H and O–H groups in total. The predicted octanol–water partition coefficient (Wildman–Crippen LogP) is 14.7. The summed E-state index contributed by atoms with van der Waals surface area (Å²) in [7, 11) is 0. The number of nitrogens with zero attached hydrogens (tertiary/aromatic N) is 2. The summed E-state index contributed by atoms with van der Waals surface area (Å²) < 4.78 is 2.43. The molecule has 266 valence electrons. The summed E-state index contributed by atoms with van der Waals surface area (Å²) in [4.78, 5) is 2.52. The normalized spacial score (nSPS) is 14.7. The number of rotatable bonds is 4. The van der Waals surface area contributed by atoms with Crippen LogP contribution >= 0.6 is 0 Å². The Labute approximate surface area is 326 Å². The number of fused-ring (bicyclic) bond motifs is 8. The van der Waals surface area contributed by atoms with E-state index < -0.39 is 0 Å². The second kappa shape index (κ2) is 11.0. The maximum Gasteiger partial charge on any atom is 0.0547 e. The molecule has 9 aromatic carbocycles. The average molecular weight is 717 g/mol. The molecule has 0 bridgehead atoms. The summed E-state index contributed by atoms with van der Waals surface area (Å²) in [5, 5.41) is 10.5. The van der Waals surface area contributed by atoms with Gasteiger partial charge < -0.3 is 9.47 Å². The molecule has 0 amide bonds. The average Bonchev–Trinajstić information content (AvgIpc) is 3.78. The highest BCUT2D eigenvalue weighted by Crippen LogP contribution is 2.54. The maximum atomic E-state index is 2.52. The molecule has 0 radical (unpaired) electrons. The molecule has 12 rings (SSSR count). The molecular weight excluding hydrogens is 677 g/mol. The van der Waals surface area contributed by atoms with E-state index >= 15 is 0 Å². The zero-order chi connectivity index (χ0) is 37.5. The van der Waals surface area contributed by atoms with Crippen molar-refractivity contribution in [1.82, 2.24) is 4.57 Å². The van der Waals surface area contributed by atoms with E-state index in [1.807, 2.05) is 0 Å². The second-order valence-corrected chi connectivity index (χ2v) is 17.0. The number of hydrogen-bond donors (Lipinski definition) is 0. The van der Waals surface area contributed by atoms with Crippen molar-refractivity contribution >= 4 is 71.2 Å². The Hall–Kier alpha value is -6.64. The van der Waals surface area contributed by atoms with Gasteiger partial charge in [-0.15, -0.1) is 0 Å². The maximum absolute atomic E-state index is 2.52. The molecule has 56 heavy (non-hydrogen) atoms. The highest BCUT2D eigenvalue weighted by Gasteiger charge is 2.37. The van der Waals surface area contributed by atoms with Crippen LogP contribution in [0.2, 0.25) is 0 Å². The van der Waals surface area contributed by atoms with Crippen LogP contribution in [0, 0.1) is 0 Å². The van der Waals surface area contributed by atoms with Crippen molar-refractivity contribution in [3.8, 4) is 16.8 Å². The standard InChI is InChI=1S/C54H40N2/c1-53(2)44-19-11-10-18-41(44)42-26-24-38(31-46(42)53)55(39-29-35-22-21-34-14-12-20-45-50(34)51(35)47(32-39)54(45,3)4)37-25-28-48-43(30-37)52-40-17-9-8-13-33(40)23-27-49(52)56(48)36-15-6-5-7-16-36/h5-32H,1-4H3. The second-order valence-electron chi connectivity index (χ2n) is 17.0. The molecule has 2 aliphatic rings. The van der Waals surface area contributed by atoms with E-state index in [0.29, 0.717) is 0 Å². The van der Waals surface area contributed by atoms with E-state index in [1.54, 1.807) is 0 Å². The summed E-state index contributed by atoms with van der Waals surface area (Å²) in [6.07, 6.45) is 0. The van der Waals surface area contributed by atoms with Crippen LogP contribution in [0.15, 0.2) is 170 Å². The highest BCUT2D eigenvalue weighted by molar-refractivity contribution is 6.22. The van der Waals surface area contributed by atoms with Crippen LogP contribution in [0.5, 0.6) is 0 Å². The molecule has 2 nitrogen and oxygen atoms in total. The van der Waals surface area contributed by atoms with Crippen LogP contribution in [-0.4, -0.2) is 4.57 Å². The van der Waals surface area contributed by atoms with Gasteiger partial charge in [0.15, 0.2) is 0 Å². The third kappa shape index (κ3) is 4.11. The Balaban J connectivity index is 1.16.